The Morgan fingerprint density at radius 3 is 2.57 bits per heavy atom. The number of aromatic nitrogens is 1. The van der Waals surface area contributed by atoms with E-state index in [9.17, 15) is 9.59 Å². The van der Waals surface area contributed by atoms with Crippen LogP contribution in [0.2, 0.25) is 0 Å². The summed E-state index contributed by atoms with van der Waals surface area (Å²) >= 11 is 1.67. The first-order chi connectivity index (χ1) is 14.5. The van der Waals surface area contributed by atoms with Crippen LogP contribution in [0.25, 0.3) is 10.2 Å². The van der Waals surface area contributed by atoms with Crippen LogP contribution in [0.4, 0.5) is 10.8 Å². The Labute approximate surface area is 179 Å². The standard InChI is InChI=1S/C23H25N3O3S/c1-3-29-19-8-9-20-21(14-19)30-23(25-20)26-12-10-17(11-13-26)22(28)24-18-6-4-16(5-7-18)15(2)27/h4-9,14,17H,3,10-13H2,1-2H3,(H,24,28). The number of carbonyl (C=O) groups is 2. The largest absolute Gasteiger partial charge is 0.494 e. The quantitative estimate of drug-likeness (QED) is 0.579. The number of thiazole rings is 1. The number of anilines is 2. The first kappa shape index (κ1) is 20.3. The van der Waals surface area contributed by atoms with Gasteiger partial charge in [0.2, 0.25) is 5.91 Å². The lowest BCUT2D eigenvalue weighted by atomic mass is 9.96. The summed E-state index contributed by atoms with van der Waals surface area (Å²) in [6, 6.07) is 13.0. The summed E-state index contributed by atoms with van der Waals surface area (Å²) in [5.41, 5.74) is 2.35. The lowest BCUT2D eigenvalue weighted by molar-refractivity contribution is -0.120. The van der Waals surface area contributed by atoms with Crippen molar-refractivity contribution in [3.8, 4) is 5.75 Å². The number of nitrogens with zero attached hydrogens (tertiary/aromatic N) is 2. The first-order valence-corrected chi connectivity index (χ1v) is 11.1. The molecule has 3 aromatic rings. The molecule has 6 nitrogen and oxygen atoms in total. The maximum atomic E-state index is 12.6. The van der Waals surface area contributed by atoms with E-state index in [0.29, 0.717) is 12.2 Å². The van der Waals surface area contributed by atoms with Crippen molar-refractivity contribution in [1.29, 1.82) is 0 Å². The second kappa shape index (κ2) is 8.83. The van der Waals surface area contributed by atoms with Crippen molar-refractivity contribution in [2.24, 2.45) is 5.92 Å². The minimum atomic E-state index is -0.0207. The number of amides is 1. The van der Waals surface area contributed by atoms with Crippen LogP contribution >= 0.6 is 11.3 Å². The molecule has 2 heterocycles. The van der Waals surface area contributed by atoms with Crippen LogP contribution in [0.1, 0.15) is 37.0 Å². The Kier molecular flexibility index (Phi) is 5.99. The molecule has 2 aromatic carbocycles. The fourth-order valence-corrected chi connectivity index (χ4v) is 4.70. The molecule has 1 aliphatic heterocycles. The maximum absolute atomic E-state index is 12.6. The second-order valence-electron chi connectivity index (χ2n) is 7.44. The molecule has 0 aliphatic carbocycles. The van der Waals surface area contributed by atoms with E-state index in [0.717, 1.165) is 52.7 Å². The summed E-state index contributed by atoms with van der Waals surface area (Å²) in [6.07, 6.45) is 1.58. The SMILES string of the molecule is CCOc1ccc2nc(N3CCC(C(=O)Nc4ccc(C(C)=O)cc4)CC3)sc2c1. The van der Waals surface area contributed by atoms with Gasteiger partial charge in [-0.2, -0.15) is 0 Å². The normalized spacial score (nSPS) is 14.7. The summed E-state index contributed by atoms with van der Waals surface area (Å²) in [6.45, 7) is 5.76. The number of nitrogens with one attached hydrogen (secondary N) is 1. The molecule has 156 valence electrons. The van der Waals surface area contributed by atoms with Crippen LogP contribution in [0, 0.1) is 5.92 Å². The molecule has 1 fully saturated rings. The van der Waals surface area contributed by atoms with Gasteiger partial charge in [-0.05, 0) is 69.2 Å². The van der Waals surface area contributed by atoms with Crippen molar-refractivity contribution in [1.82, 2.24) is 4.98 Å². The molecule has 1 amide bonds. The van der Waals surface area contributed by atoms with E-state index < -0.39 is 0 Å². The number of piperidine rings is 1. The zero-order chi connectivity index (χ0) is 21.1. The molecule has 0 bridgehead atoms. The van der Waals surface area contributed by atoms with Gasteiger partial charge in [-0.25, -0.2) is 4.98 Å². The van der Waals surface area contributed by atoms with Gasteiger partial charge in [0.05, 0.1) is 16.8 Å². The summed E-state index contributed by atoms with van der Waals surface area (Å²) in [5.74, 6) is 0.902. The highest BCUT2D eigenvalue weighted by Crippen LogP contribution is 2.33. The Morgan fingerprint density at radius 2 is 1.90 bits per heavy atom. The molecule has 0 radical (unpaired) electrons. The van der Waals surface area contributed by atoms with Gasteiger partial charge in [-0.1, -0.05) is 11.3 Å². The minimum Gasteiger partial charge on any atom is -0.494 e. The highest BCUT2D eigenvalue weighted by molar-refractivity contribution is 7.22. The molecule has 0 unspecified atom stereocenters. The van der Waals surface area contributed by atoms with Crippen molar-refractivity contribution in [3.05, 3.63) is 48.0 Å². The summed E-state index contributed by atoms with van der Waals surface area (Å²) in [5, 5.41) is 3.97. The first-order valence-electron chi connectivity index (χ1n) is 10.2. The van der Waals surface area contributed by atoms with E-state index in [1.165, 1.54) is 6.92 Å². The van der Waals surface area contributed by atoms with E-state index in [2.05, 4.69) is 10.2 Å². The van der Waals surface area contributed by atoms with E-state index in [-0.39, 0.29) is 17.6 Å². The predicted molar refractivity (Wildman–Crippen MR) is 121 cm³/mol. The number of Topliss-reactive ketones (excluding diaryl/α,β-unsaturated/α-hetero) is 1. The number of ketones is 1. The number of ether oxygens (including phenoxy) is 1. The van der Waals surface area contributed by atoms with Crippen LogP contribution in [0.15, 0.2) is 42.5 Å². The van der Waals surface area contributed by atoms with Crippen LogP contribution in [-0.4, -0.2) is 36.4 Å². The van der Waals surface area contributed by atoms with Gasteiger partial charge < -0.3 is 15.0 Å². The zero-order valence-electron chi connectivity index (χ0n) is 17.2. The van der Waals surface area contributed by atoms with Crippen molar-refractivity contribution >= 4 is 44.1 Å². The number of rotatable bonds is 6. The summed E-state index contributed by atoms with van der Waals surface area (Å²) in [4.78, 5) is 31.0. The van der Waals surface area contributed by atoms with Gasteiger partial charge in [0.15, 0.2) is 10.9 Å². The molecule has 1 aromatic heterocycles. The molecule has 30 heavy (non-hydrogen) atoms. The number of hydrogen-bond donors (Lipinski definition) is 1. The number of carbonyl (C=O) groups excluding carboxylic acids is 2. The average molecular weight is 424 g/mol. The Balaban J connectivity index is 1.35. The fourth-order valence-electron chi connectivity index (χ4n) is 3.65. The van der Waals surface area contributed by atoms with E-state index in [1.807, 2.05) is 25.1 Å². The van der Waals surface area contributed by atoms with Crippen LogP contribution < -0.4 is 15.0 Å². The summed E-state index contributed by atoms with van der Waals surface area (Å²) < 4.78 is 6.70. The molecular weight excluding hydrogens is 398 g/mol. The van der Waals surface area contributed by atoms with E-state index in [4.69, 9.17) is 9.72 Å². The minimum absolute atomic E-state index is 0.0178. The lowest BCUT2D eigenvalue weighted by Crippen LogP contribution is -2.38. The highest BCUT2D eigenvalue weighted by Gasteiger charge is 2.26. The molecule has 0 saturated carbocycles. The Hall–Kier alpha value is -2.93. The fraction of sp³-hybridized carbons (Fsp3) is 0.348. The average Bonchev–Trinajstić information content (AvgIpc) is 3.18. The summed E-state index contributed by atoms with van der Waals surface area (Å²) in [7, 11) is 0. The van der Waals surface area contributed by atoms with Crippen molar-refractivity contribution in [2.75, 3.05) is 29.9 Å². The lowest BCUT2D eigenvalue weighted by Gasteiger charge is -2.31. The number of hydrogen-bond acceptors (Lipinski definition) is 6. The molecule has 0 spiro atoms. The van der Waals surface area contributed by atoms with Gasteiger partial charge in [0.1, 0.15) is 5.75 Å². The number of fused-ring (bicyclic) bond motifs is 1. The molecular formula is C23H25N3O3S. The molecule has 4 rings (SSSR count). The third kappa shape index (κ3) is 4.46. The smallest absolute Gasteiger partial charge is 0.227 e. The Morgan fingerprint density at radius 1 is 1.17 bits per heavy atom. The van der Waals surface area contributed by atoms with Crippen molar-refractivity contribution in [2.45, 2.75) is 26.7 Å². The van der Waals surface area contributed by atoms with Crippen molar-refractivity contribution in [3.63, 3.8) is 0 Å². The third-order valence-electron chi connectivity index (χ3n) is 5.35. The van der Waals surface area contributed by atoms with Crippen molar-refractivity contribution < 1.29 is 14.3 Å². The van der Waals surface area contributed by atoms with Crippen LogP contribution in [-0.2, 0) is 4.79 Å². The predicted octanol–water partition coefficient (Wildman–Crippen LogP) is 4.75. The third-order valence-corrected chi connectivity index (χ3v) is 6.43. The van der Waals surface area contributed by atoms with Gasteiger partial charge in [0, 0.05) is 30.3 Å². The van der Waals surface area contributed by atoms with Gasteiger partial charge in [-0.3, -0.25) is 9.59 Å². The van der Waals surface area contributed by atoms with Gasteiger partial charge in [-0.15, -0.1) is 0 Å². The highest BCUT2D eigenvalue weighted by atomic mass is 32.1. The van der Waals surface area contributed by atoms with Gasteiger partial charge >= 0.3 is 0 Å². The van der Waals surface area contributed by atoms with E-state index in [1.54, 1.807) is 35.6 Å². The zero-order valence-corrected chi connectivity index (χ0v) is 18.0. The number of benzene rings is 2. The van der Waals surface area contributed by atoms with Crippen LogP contribution in [0.3, 0.4) is 0 Å². The molecule has 1 aliphatic rings. The second-order valence-corrected chi connectivity index (χ2v) is 8.45. The molecule has 1 saturated heterocycles. The Bertz CT molecular complexity index is 1050. The molecule has 7 heteroatoms. The molecule has 1 N–H and O–H groups in total. The van der Waals surface area contributed by atoms with Crippen LogP contribution in [0.5, 0.6) is 5.75 Å². The maximum Gasteiger partial charge on any atom is 0.227 e. The van der Waals surface area contributed by atoms with E-state index >= 15 is 0 Å². The topological polar surface area (TPSA) is 71.5 Å². The monoisotopic (exact) mass is 423 g/mol. The molecule has 0 atom stereocenters. The van der Waals surface area contributed by atoms with Gasteiger partial charge in [0.25, 0.3) is 0 Å².